The second-order valence-electron chi connectivity index (χ2n) is 4.12. The fourth-order valence-electron chi connectivity index (χ4n) is 2.30. The van der Waals surface area contributed by atoms with E-state index < -0.39 is 0 Å². The third kappa shape index (κ3) is 1.60. The lowest BCUT2D eigenvalue weighted by molar-refractivity contribution is 0.573. The Balaban J connectivity index is 2.03. The van der Waals surface area contributed by atoms with Crippen LogP contribution >= 0.6 is 22.9 Å². The average Bonchev–Trinajstić information content (AvgIpc) is 2.89. The van der Waals surface area contributed by atoms with Crippen molar-refractivity contribution < 1.29 is 0 Å². The summed E-state index contributed by atoms with van der Waals surface area (Å²) >= 11 is 7.71. The fourth-order valence-corrected chi connectivity index (χ4v) is 3.28. The van der Waals surface area contributed by atoms with E-state index in [0.717, 1.165) is 29.6 Å². The Morgan fingerprint density at radius 3 is 2.88 bits per heavy atom. The summed E-state index contributed by atoms with van der Waals surface area (Å²) in [4.78, 5) is 8.12. The van der Waals surface area contributed by atoms with Crippen LogP contribution in [0.4, 0.5) is 5.82 Å². The highest BCUT2D eigenvalue weighted by atomic mass is 35.5. The van der Waals surface area contributed by atoms with Gasteiger partial charge in [0.25, 0.3) is 0 Å². The summed E-state index contributed by atoms with van der Waals surface area (Å²) in [6.45, 7) is 2.24. The molecule has 5 heteroatoms. The van der Waals surface area contributed by atoms with Crippen molar-refractivity contribution in [2.45, 2.75) is 25.1 Å². The summed E-state index contributed by atoms with van der Waals surface area (Å²) in [5.74, 6) is 1.63. The van der Waals surface area contributed by atoms with Gasteiger partial charge in [-0.1, -0.05) is 0 Å². The minimum atomic E-state index is 0.531. The smallest absolute Gasteiger partial charge is 0.195 e. The highest BCUT2D eigenvalue weighted by Crippen LogP contribution is 2.27. The number of hydrogen-bond acceptors (Lipinski definition) is 3. The number of imidazole rings is 1. The largest absolute Gasteiger partial charge is 0.355 e. The SMILES string of the molecule is ClCc1c(N2CCCCC2)nc2sccn12. The van der Waals surface area contributed by atoms with Crippen LogP contribution in [0.15, 0.2) is 11.6 Å². The highest BCUT2D eigenvalue weighted by Gasteiger charge is 2.19. The van der Waals surface area contributed by atoms with E-state index in [-0.39, 0.29) is 0 Å². The van der Waals surface area contributed by atoms with E-state index in [1.165, 1.54) is 19.3 Å². The van der Waals surface area contributed by atoms with Gasteiger partial charge in [-0.05, 0) is 19.3 Å². The number of hydrogen-bond donors (Lipinski definition) is 0. The lowest BCUT2D eigenvalue weighted by atomic mass is 10.1. The van der Waals surface area contributed by atoms with Gasteiger partial charge in [0, 0.05) is 24.7 Å². The molecular weight excluding hydrogens is 242 g/mol. The molecule has 3 heterocycles. The molecule has 2 aromatic heterocycles. The fraction of sp³-hybridized carbons (Fsp3) is 0.545. The molecule has 1 aliphatic heterocycles. The highest BCUT2D eigenvalue weighted by molar-refractivity contribution is 7.15. The number of alkyl halides is 1. The monoisotopic (exact) mass is 255 g/mol. The third-order valence-electron chi connectivity index (χ3n) is 3.12. The first-order chi connectivity index (χ1) is 7.90. The summed E-state index contributed by atoms with van der Waals surface area (Å²) in [5.41, 5.74) is 1.14. The molecule has 0 spiro atoms. The van der Waals surface area contributed by atoms with Crippen LogP contribution in [0.3, 0.4) is 0 Å². The topological polar surface area (TPSA) is 20.5 Å². The second kappa shape index (κ2) is 4.26. The molecule has 3 rings (SSSR count). The molecule has 0 atom stereocenters. The maximum Gasteiger partial charge on any atom is 0.195 e. The number of rotatable bonds is 2. The standard InChI is InChI=1S/C11H14ClN3S/c12-8-9-10(14-4-2-1-3-5-14)13-11-15(9)6-7-16-11/h6-7H,1-5,8H2. The van der Waals surface area contributed by atoms with E-state index in [4.69, 9.17) is 16.6 Å². The van der Waals surface area contributed by atoms with Crippen LogP contribution in [0.1, 0.15) is 25.0 Å². The van der Waals surface area contributed by atoms with Crippen LogP contribution in [0.25, 0.3) is 4.96 Å². The van der Waals surface area contributed by atoms with Crippen molar-refractivity contribution in [1.82, 2.24) is 9.38 Å². The van der Waals surface area contributed by atoms with Crippen LogP contribution in [0.2, 0.25) is 0 Å². The van der Waals surface area contributed by atoms with Crippen LogP contribution < -0.4 is 4.90 Å². The quantitative estimate of drug-likeness (QED) is 0.769. The van der Waals surface area contributed by atoms with Crippen LogP contribution in [0, 0.1) is 0 Å². The minimum absolute atomic E-state index is 0.531. The molecule has 1 saturated heterocycles. The van der Waals surface area contributed by atoms with E-state index in [1.54, 1.807) is 11.3 Å². The predicted molar refractivity (Wildman–Crippen MR) is 68.7 cm³/mol. The van der Waals surface area contributed by atoms with Crippen LogP contribution in [-0.4, -0.2) is 22.5 Å². The zero-order valence-corrected chi connectivity index (χ0v) is 10.6. The Hall–Kier alpha value is -0.740. The molecule has 0 amide bonds. The molecular formula is C11H14ClN3S. The first kappa shape index (κ1) is 10.4. The molecule has 0 radical (unpaired) electrons. The Bertz CT molecular complexity index is 484. The van der Waals surface area contributed by atoms with E-state index >= 15 is 0 Å². The molecule has 0 unspecified atom stereocenters. The van der Waals surface area contributed by atoms with Crippen molar-refractivity contribution in [2.24, 2.45) is 0 Å². The van der Waals surface area contributed by atoms with Gasteiger partial charge in [-0.3, -0.25) is 4.40 Å². The van der Waals surface area contributed by atoms with E-state index in [0.29, 0.717) is 5.88 Å². The Morgan fingerprint density at radius 2 is 2.12 bits per heavy atom. The van der Waals surface area contributed by atoms with Gasteiger partial charge in [-0.25, -0.2) is 4.98 Å². The van der Waals surface area contributed by atoms with E-state index in [2.05, 4.69) is 20.9 Å². The molecule has 86 valence electrons. The van der Waals surface area contributed by atoms with Crippen molar-refractivity contribution in [1.29, 1.82) is 0 Å². The van der Waals surface area contributed by atoms with Gasteiger partial charge >= 0.3 is 0 Å². The van der Waals surface area contributed by atoms with Gasteiger partial charge in [0.2, 0.25) is 0 Å². The third-order valence-corrected chi connectivity index (χ3v) is 4.13. The molecule has 0 N–H and O–H groups in total. The van der Waals surface area contributed by atoms with E-state index in [1.807, 2.05) is 0 Å². The van der Waals surface area contributed by atoms with Crippen molar-refractivity contribution in [3.8, 4) is 0 Å². The molecule has 1 aliphatic rings. The molecule has 0 aliphatic carbocycles. The number of fused-ring (bicyclic) bond motifs is 1. The molecule has 3 nitrogen and oxygen atoms in total. The van der Waals surface area contributed by atoms with Crippen molar-refractivity contribution >= 4 is 33.7 Å². The zero-order chi connectivity index (χ0) is 11.0. The first-order valence-electron chi connectivity index (χ1n) is 5.65. The van der Waals surface area contributed by atoms with Gasteiger partial charge < -0.3 is 4.90 Å². The Morgan fingerprint density at radius 1 is 1.31 bits per heavy atom. The summed E-state index contributed by atoms with van der Waals surface area (Å²) < 4.78 is 2.11. The molecule has 0 saturated carbocycles. The molecule has 1 fully saturated rings. The summed E-state index contributed by atoms with van der Waals surface area (Å²) in [5, 5.41) is 2.05. The van der Waals surface area contributed by atoms with Gasteiger partial charge in [0.15, 0.2) is 10.8 Å². The van der Waals surface area contributed by atoms with Gasteiger partial charge in [-0.15, -0.1) is 22.9 Å². The van der Waals surface area contributed by atoms with Gasteiger partial charge in [0.05, 0.1) is 11.6 Å². The summed E-state index contributed by atoms with van der Waals surface area (Å²) in [6.07, 6.45) is 5.94. The van der Waals surface area contributed by atoms with Crippen LogP contribution in [0.5, 0.6) is 0 Å². The molecule has 2 aromatic rings. The van der Waals surface area contributed by atoms with Gasteiger partial charge in [0.1, 0.15) is 0 Å². The van der Waals surface area contributed by atoms with Crippen molar-refractivity contribution in [3.05, 3.63) is 17.3 Å². The zero-order valence-electron chi connectivity index (χ0n) is 9.03. The normalized spacial score (nSPS) is 17.2. The Kier molecular flexibility index (Phi) is 2.77. The summed E-state index contributed by atoms with van der Waals surface area (Å²) in [7, 11) is 0. The maximum absolute atomic E-state index is 6.05. The average molecular weight is 256 g/mol. The Labute approximate surface area is 104 Å². The molecule has 16 heavy (non-hydrogen) atoms. The maximum atomic E-state index is 6.05. The van der Waals surface area contributed by atoms with Crippen LogP contribution in [-0.2, 0) is 5.88 Å². The molecule has 0 aromatic carbocycles. The lowest BCUT2D eigenvalue weighted by Crippen LogP contribution is -2.30. The first-order valence-corrected chi connectivity index (χ1v) is 7.07. The number of anilines is 1. The predicted octanol–water partition coefficient (Wildman–Crippen LogP) is 3.12. The number of nitrogens with zero attached hydrogens (tertiary/aromatic N) is 3. The number of halogens is 1. The van der Waals surface area contributed by atoms with Crippen molar-refractivity contribution in [3.63, 3.8) is 0 Å². The lowest BCUT2D eigenvalue weighted by Gasteiger charge is -2.27. The molecule has 0 bridgehead atoms. The van der Waals surface area contributed by atoms with E-state index in [9.17, 15) is 0 Å². The van der Waals surface area contributed by atoms with Crippen molar-refractivity contribution in [2.75, 3.05) is 18.0 Å². The minimum Gasteiger partial charge on any atom is -0.355 e. The van der Waals surface area contributed by atoms with Gasteiger partial charge in [-0.2, -0.15) is 0 Å². The second-order valence-corrected chi connectivity index (χ2v) is 5.26. The summed E-state index contributed by atoms with van der Waals surface area (Å²) in [6, 6.07) is 0. The number of aromatic nitrogens is 2. The number of thiazole rings is 1. The number of piperidine rings is 1.